The first kappa shape index (κ1) is 14.1. The zero-order chi connectivity index (χ0) is 15.6. The van der Waals surface area contributed by atoms with Crippen molar-refractivity contribution in [1.29, 1.82) is 0 Å². The molecule has 1 aromatic carbocycles. The molecule has 0 unspecified atom stereocenters. The third-order valence-electron chi connectivity index (χ3n) is 4.04. The van der Waals surface area contributed by atoms with Gasteiger partial charge in [-0.2, -0.15) is 9.61 Å². The number of nitrogens with zero attached hydrogens (tertiary/aromatic N) is 4. The highest BCUT2D eigenvalue weighted by Gasteiger charge is 2.17. The molecule has 0 saturated carbocycles. The second-order valence-electron chi connectivity index (χ2n) is 5.53. The Bertz CT molecular complexity index is 824. The van der Waals surface area contributed by atoms with Gasteiger partial charge in [0.1, 0.15) is 11.6 Å². The topological polar surface area (TPSA) is 42.7 Å². The first-order chi connectivity index (χ1) is 11.3. The molecule has 0 radical (unpaired) electrons. The minimum absolute atomic E-state index is 0.269. The summed E-state index contributed by atoms with van der Waals surface area (Å²) in [5, 5.41) is 4.36. The largest absolute Gasteiger partial charge is 0.380 e. The van der Waals surface area contributed by atoms with E-state index in [-0.39, 0.29) is 5.82 Å². The lowest BCUT2D eigenvalue weighted by atomic mass is 10.1. The maximum Gasteiger partial charge on any atom is 0.157 e. The van der Waals surface area contributed by atoms with Gasteiger partial charge in [-0.1, -0.05) is 12.1 Å². The molecule has 1 aliphatic heterocycles. The Kier molecular flexibility index (Phi) is 3.67. The summed E-state index contributed by atoms with van der Waals surface area (Å²) in [5.74, 6) is 0.651. The zero-order valence-corrected chi connectivity index (χ0v) is 12.7. The molecule has 5 nitrogen and oxygen atoms in total. The molecule has 0 N–H and O–H groups in total. The van der Waals surface area contributed by atoms with E-state index in [2.05, 4.69) is 15.0 Å². The van der Waals surface area contributed by atoms with Crippen molar-refractivity contribution in [2.75, 3.05) is 31.2 Å². The van der Waals surface area contributed by atoms with Gasteiger partial charge in [0.25, 0.3) is 0 Å². The van der Waals surface area contributed by atoms with E-state index in [9.17, 15) is 4.39 Å². The minimum Gasteiger partial charge on any atom is -0.380 e. The van der Waals surface area contributed by atoms with Crippen LogP contribution in [-0.4, -0.2) is 40.9 Å². The van der Waals surface area contributed by atoms with Crippen molar-refractivity contribution in [2.24, 2.45) is 0 Å². The van der Waals surface area contributed by atoms with Crippen molar-refractivity contribution >= 4 is 11.5 Å². The van der Waals surface area contributed by atoms with Gasteiger partial charge in [-0.15, -0.1) is 0 Å². The number of anilines is 1. The first-order valence-electron chi connectivity index (χ1n) is 7.75. The van der Waals surface area contributed by atoms with E-state index in [1.807, 2.05) is 18.2 Å². The Labute approximate surface area is 133 Å². The molecule has 23 heavy (non-hydrogen) atoms. The Morgan fingerprint density at radius 3 is 2.91 bits per heavy atom. The molecule has 2 aromatic heterocycles. The smallest absolute Gasteiger partial charge is 0.157 e. The van der Waals surface area contributed by atoms with E-state index >= 15 is 0 Å². The number of fused-ring (bicyclic) bond motifs is 1. The highest BCUT2D eigenvalue weighted by Crippen LogP contribution is 2.26. The van der Waals surface area contributed by atoms with E-state index in [0.717, 1.165) is 31.9 Å². The Morgan fingerprint density at radius 1 is 1.09 bits per heavy atom. The summed E-state index contributed by atoms with van der Waals surface area (Å²) < 4.78 is 21.5. The molecule has 3 heterocycles. The van der Waals surface area contributed by atoms with Crippen LogP contribution in [0.25, 0.3) is 16.9 Å². The lowest BCUT2D eigenvalue weighted by Gasteiger charge is -2.23. The van der Waals surface area contributed by atoms with Crippen molar-refractivity contribution in [3.8, 4) is 11.3 Å². The summed E-state index contributed by atoms with van der Waals surface area (Å²) in [4.78, 5) is 6.77. The van der Waals surface area contributed by atoms with Crippen LogP contribution in [0, 0.1) is 5.82 Å². The number of rotatable bonds is 2. The van der Waals surface area contributed by atoms with Crippen LogP contribution in [-0.2, 0) is 4.74 Å². The van der Waals surface area contributed by atoms with Crippen LogP contribution < -0.4 is 4.90 Å². The van der Waals surface area contributed by atoms with E-state index in [4.69, 9.17) is 4.74 Å². The molecule has 6 heteroatoms. The molecular formula is C17H17FN4O. The first-order valence-corrected chi connectivity index (χ1v) is 7.75. The Balaban J connectivity index is 1.86. The average Bonchev–Trinajstić information content (AvgIpc) is 2.88. The lowest BCUT2D eigenvalue weighted by Crippen LogP contribution is -2.28. The van der Waals surface area contributed by atoms with Crippen molar-refractivity contribution in [1.82, 2.24) is 14.6 Å². The van der Waals surface area contributed by atoms with Crippen LogP contribution in [0.5, 0.6) is 0 Å². The van der Waals surface area contributed by atoms with E-state index in [0.29, 0.717) is 23.5 Å². The number of benzene rings is 1. The SMILES string of the molecule is Fc1ccccc1-c1cc(N2CCCOCC2)n2nccc2n1. The van der Waals surface area contributed by atoms with Crippen molar-refractivity contribution < 1.29 is 9.13 Å². The van der Waals surface area contributed by atoms with Gasteiger partial charge < -0.3 is 9.64 Å². The molecule has 3 aromatic rings. The summed E-state index contributed by atoms with van der Waals surface area (Å²) in [6.07, 6.45) is 2.67. The molecule has 1 fully saturated rings. The van der Waals surface area contributed by atoms with Crippen molar-refractivity contribution in [2.45, 2.75) is 6.42 Å². The summed E-state index contributed by atoms with van der Waals surface area (Å²) >= 11 is 0. The summed E-state index contributed by atoms with van der Waals surface area (Å²) in [6, 6.07) is 10.5. The fourth-order valence-electron chi connectivity index (χ4n) is 2.90. The maximum atomic E-state index is 14.1. The van der Waals surface area contributed by atoms with E-state index in [1.165, 1.54) is 6.07 Å². The third-order valence-corrected chi connectivity index (χ3v) is 4.04. The van der Waals surface area contributed by atoms with Crippen LogP contribution in [0.2, 0.25) is 0 Å². The van der Waals surface area contributed by atoms with Crippen molar-refractivity contribution in [3.05, 3.63) is 48.4 Å². The molecule has 0 atom stereocenters. The van der Waals surface area contributed by atoms with Crippen LogP contribution in [0.15, 0.2) is 42.6 Å². The summed E-state index contributed by atoms with van der Waals surface area (Å²) in [5.41, 5.74) is 1.84. The van der Waals surface area contributed by atoms with Gasteiger partial charge in [0.05, 0.1) is 18.5 Å². The van der Waals surface area contributed by atoms with Gasteiger partial charge in [0, 0.05) is 37.4 Å². The number of aromatic nitrogens is 3. The molecule has 0 aliphatic carbocycles. The monoisotopic (exact) mass is 312 g/mol. The zero-order valence-electron chi connectivity index (χ0n) is 12.7. The maximum absolute atomic E-state index is 14.1. The number of ether oxygens (including phenoxy) is 1. The number of hydrogen-bond acceptors (Lipinski definition) is 4. The average molecular weight is 312 g/mol. The van der Waals surface area contributed by atoms with Gasteiger partial charge in [-0.25, -0.2) is 9.37 Å². The van der Waals surface area contributed by atoms with E-state index in [1.54, 1.807) is 22.8 Å². The molecule has 1 saturated heterocycles. The predicted molar refractivity (Wildman–Crippen MR) is 86.0 cm³/mol. The van der Waals surface area contributed by atoms with Crippen molar-refractivity contribution in [3.63, 3.8) is 0 Å². The molecular weight excluding hydrogens is 295 g/mol. The molecule has 0 bridgehead atoms. The second-order valence-corrected chi connectivity index (χ2v) is 5.53. The molecule has 4 rings (SSSR count). The number of halogens is 1. The van der Waals surface area contributed by atoms with Gasteiger partial charge >= 0.3 is 0 Å². The fraction of sp³-hybridized carbons (Fsp3) is 0.294. The minimum atomic E-state index is -0.269. The van der Waals surface area contributed by atoms with E-state index < -0.39 is 0 Å². The molecule has 0 spiro atoms. The van der Waals surface area contributed by atoms with Gasteiger partial charge in [-0.05, 0) is 18.6 Å². The van der Waals surface area contributed by atoms with Crippen LogP contribution >= 0.6 is 0 Å². The van der Waals surface area contributed by atoms with Crippen LogP contribution in [0.3, 0.4) is 0 Å². The van der Waals surface area contributed by atoms with Gasteiger partial charge in [0.15, 0.2) is 5.65 Å². The van der Waals surface area contributed by atoms with Crippen LogP contribution in [0.4, 0.5) is 10.2 Å². The normalized spacial score (nSPS) is 15.8. The Hall–Kier alpha value is -2.47. The van der Waals surface area contributed by atoms with Crippen LogP contribution in [0.1, 0.15) is 6.42 Å². The second kappa shape index (κ2) is 5.96. The van der Waals surface area contributed by atoms with Gasteiger partial charge in [0.2, 0.25) is 0 Å². The molecule has 0 amide bonds. The molecule has 1 aliphatic rings. The Morgan fingerprint density at radius 2 is 2.00 bits per heavy atom. The quantitative estimate of drug-likeness (QED) is 0.730. The highest BCUT2D eigenvalue weighted by atomic mass is 19.1. The van der Waals surface area contributed by atoms with Gasteiger partial charge in [-0.3, -0.25) is 0 Å². The predicted octanol–water partition coefficient (Wildman–Crippen LogP) is 2.76. The highest BCUT2D eigenvalue weighted by molar-refractivity contribution is 5.67. The summed E-state index contributed by atoms with van der Waals surface area (Å²) in [7, 11) is 0. The fourth-order valence-corrected chi connectivity index (χ4v) is 2.90. The summed E-state index contributed by atoms with van der Waals surface area (Å²) in [6.45, 7) is 3.12. The number of hydrogen-bond donors (Lipinski definition) is 0. The third kappa shape index (κ3) is 2.66. The standard InChI is InChI=1S/C17H17FN4O/c18-14-5-2-1-4-13(14)15-12-17(21-8-3-10-23-11-9-21)22-16(20-15)6-7-19-22/h1-2,4-7,12H,3,8-11H2. The lowest BCUT2D eigenvalue weighted by molar-refractivity contribution is 0.152. The molecule has 118 valence electrons.